The Morgan fingerprint density at radius 2 is 1.73 bits per heavy atom. The fraction of sp³-hybridized carbons (Fsp3) is 0.360. The number of carbonyl (C=O) groups excluding carboxylic acids is 1. The van der Waals surface area contributed by atoms with Gasteiger partial charge in [0.05, 0.1) is 11.4 Å². The van der Waals surface area contributed by atoms with Crippen LogP contribution in [0.3, 0.4) is 0 Å². The van der Waals surface area contributed by atoms with Gasteiger partial charge in [0.2, 0.25) is 5.91 Å². The van der Waals surface area contributed by atoms with Crippen LogP contribution in [0.25, 0.3) is 11.1 Å². The second kappa shape index (κ2) is 10.3. The highest BCUT2D eigenvalue weighted by Gasteiger charge is 2.23. The Labute approximate surface area is 194 Å². The highest BCUT2D eigenvalue weighted by molar-refractivity contribution is 5.96. The van der Waals surface area contributed by atoms with Crippen LogP contribution in [-0.2, 0) is 11.3 Å². The third-order valence-electron chi connectivity index (χ3n) is 6.13. The van der Waals surface area contributed by atoms with Crippen molar-refractivity contribution in [3.63, 3.8) is 0 Å². The summed E-state index contributed by atoms with van der Waals surface area (Å²) in [6, 6.07) is 12.2. The highest BCUT2D eigenvalue weighted by atomic mass is 16.4. The number of benzene rings is 2. The molecular formula is C25H31N5O3. The number of amidine groups is 2. The summed E-state index contributed by atoms with van der Waals surface area (Å²) in [7, 11) is 0. The molecule has 0 radical (unpaired) electrons. The molecule has 0 saturated carbocycles. The maximum atomic E-state index is 12.4. The number of nitrogens with two attached hydrogens (primary N) is 1. The van der Waals surface area contributed by atoms with E-state index in [0.717, 1.165) is 37.1 Å². The monoisotopic (exact) mass is 449 g/mol. The fourth-order valence-corrected chi connectivity index (χ4v) is 4.23. The quantitative estimate of drug-likeness (QED) is 0.380. The molecule has 0 spiro atoms. The number of aromatic carboxylic acids is 1. The smallest absolute Gasteiger partial charge is 0.335 e. The van der Waals surface area contributed by atoms with E-state index in [9.17, 15) is 14.7 Å². The summed E-state index contributed by atoms with van der Waals surface area (Å²) in [5, 5.41) is 25.1. The topological polar surface area (TPSA) is 135 Å². The largest absolute Gasteiger partial charge is 0.478 e. The molecule has 33 heavy (non-hydrogen) atoms. The molecule has 8 nitrogen and oxygen atoms in total. The van der Waals surface area contributed by atoms with Crippen LogP contribution in [0, 0.1) is 16.7 Å². The van der Waals surface area contributed by atoms with E-state index in [1.807, 2.05) is 17.0 Å². The predicted octanol–water partition coefficient (Wildman–Crippen LogP) is 3.39. The standard InChI is InChI=1S/C25H31N5O3/c1-16(26)29-8-6-18(7-9-29)14-30(17(2)31)15-19-10-22(13-23(11-19)25(32)33)20-4-3-5-21(12-20)24(27)28/h3-5,10-13,18,26H,6-9,14-15H2,1-2H3,(H3,27,28)(H,32,33). The van der Waals surface area contributed by atoms with Crippen LogP contribution in [0.4, 0.5) is 0 Å². The van der Waals surface area contributed by atoms with Gasteiger partial charge in [-0.05, 0) is 66.6 Å². The molecule has 1 aliphatic rings. The second-order valence-electron chi connectivity index (χ2n) is 8.63. The van der Waals surface area contributed by atoms with Crippen LogP contribution < -0.4 is 5.73 Å². The molecule has 2 aromatic rings. The number of carboxylic acids is 1. The van der Waals surface area contributed by atoms with Gasteiger partial charge < -0.3 is 20.6 Å². The minimum Gasteiger partial charge on any atom is -0.478 e. The number of likely N-dealkylation sites (tertiary alicyclic amines) is 1. The van der Waals surface area contributed by atoms with Crippen LogP contribution in [0.5, 0.6) is 0 Å². The Hall–Kier alpha value is -3.68. The van der Waals surface area contributed by atoms with Crippen molar-refractivity contribution in [2.24, 2.45) is 11.7 Å². The molecule has 1 aliphatic heterocycles. The molecule has 2 aromatic carbocycles. The van der Waals surface area contributed by atoms with Gasteiger partial charge in [0.1, 0.15) is 5.84 Å². The third kappa shape index (κ3) is 6.19. The molecule has 0 aliphatic carbocycles. The van der Waals surface area contributed by atoms with E-state index in [1.54, 1.807) is 42.2 Å². The van der Waals surface area contributed by atoms with Crippen molar-refractivity contribution in [2.75, 3.05) is 19.6 Å². The summed E-state index contributed by atoms with van der Waals surface area (Å²) in [6.45, 7) is 5.89. The second-order valence-corrected chi connectivity index (χ2v) is 8.63. The number of nitrogens with one attached hydrogen (secondary N) is 2. The number of nitrogen functional groups attached to an aromatic ring is 1. The lowest BCUT2D eigenvalue weighted by molar-refractivity contribution is -0.130. The summed E-state index contributed by atoms with van der Waals surface area (Å²) in [5.41, 5.74) is 8.52. The Morgan fingerprint density at radius 3 is 2.30 bits per heavy atom. The van der Waals surface area contributed by atoms with E-state index < -0.39 is 5.97 Å². The number of carbonyl (C=O) groups is 2. The third-order valence-corrected chi connectivity index (χ3v) is 6.13. The van der Waals surface area contributed by atoms with Gasteiger partial charge in [-0.3, -0.25) is 15.6 Å². The van der Waals surface area contributed by atoms with Crippen LogP contribution in [0.1, 0.15) is 48.2 Å². The first-order chi connectivity index (χ1) is 15.6. The van der Waals surface area contributed by atoms with E-state index >= 15 is 0 Å². The molecule has 1 fully saturated rings. The lowest BCUT2D eigenvalue weighted by Gasteiger charge is -2.35. The molecule has 1 saturated heterocycles. The van der Waals surface area contributed by atoms with Crippen LogP contribution in [0.2, 0.25) is 0 Å². The molecule has 3 rings (SSSR count). The van der Waals surface area contributed by atoms with Gasteiger partial charge in [0.15, 0.2) is 0 Å². The molecule has 8 heteroatoms. The molecule has 174 valence electrons. The Morgan fingerprint density at radius 1 is 1.06 bits per heavy atom. The van der Waals surface area contributed by atoms with Gasteiger partial charge in [0, 0.05) is 38.7 Å². The fourth-order valence-electron chi connectivity index (χ4n) is 4.23. The van der Waals surface area contributed by atoms with Crippen molar-refractivity contribution in [3.8, 4) is 11.1 Å². The van der Waals surface area contributed by atoms with Gasteiger partial charge in [-0.1, -0.05) is 18.2 Å². The first-order valence-corrected chi connectivity index (χ1v) is 11.0. The summed E-state index contributed by atoms with van der Waals surface area (Å²) in [6.07, 6.45) is 1.83. The zero-order chi connectivity index (χ0) is 24.1. The summed E-state index contributed by atoms with van der Waals surface area (Å²) in [5.74, 6) is -0.229. The number of nitrogens with zero attached hydrogens (tertiary/aromatic N) is 2. The maximum Gasteiger partial charge on any atom is 0.335 e. The molecule has 1 heterocycles. The summed E-state index contributed by atoms with van der Waals surface area (Å²) >= 11 is 0. The van der Waals surface area contributed by atoms with E-state index in [-0.39, 0.29) is 17.3 Å². The molecule has 0 aromatic heterocycles. The molecule has 0 atom stereocenters. The molecule has 1 amide bonds. The lowest BCUT2D eigenvalue weighted by Crippen LogP contribution is -2.41. The average Bonchev–Trinajstić information content (AvgIpc) is 2.78. The summed E-state index contributed by atoms with van der Waals surface area (Å²) < 4.78 is 0. The number of hydrogen-bond acceptors (Lipinski definition) is 4. The van der Waals surface area contributed by atoms with Crippen molar-refractivity contribution < 1.29 is 14.7 Å². The van der Waals surface area contributed by atoms with Gasteiger partial charge >= 0.3 is 5.97 Å². The van der Waals surface area contributed by atoms with E-state index in [1.165, 1.54) is 6.92 Å². The molecule has 0 bridgehead atoms. The number of carboxylic acid groups (broad SMARTS) is 1. The highest BCUT2D eigenvalue weighted by Crippen LogP contribution is 2.26. The van der Waals surface area contributed by atoms with Crippen molar-refractivity contribution in [2.45, 2.75) is 33.2 Å². The first kappa shape index (κ1) is 24.0. The van der Waals surface area contributed by atoms with Crippen LogP contribution in [-0.4, -0.2) is 58.1 Å². The van der Waals surface area contributed by atoms with E-state index in [0.29, 0.717) is 36.0 Å². The van der Waals surface area contributed by atoms with Gasteiger partial charge in [-0.2, -0.15) is 0 Å². The van der Waals surface area contributed by atoms with Gasteiger partial charge in [-0.25, -0.2) is 4.79 Å². The average molecular weight is 450 g/mol. The Kier molecular flexibility index (Phi) is 7.48. The van der Waals surface area contributed by atoms with E-state index in [2.05, 4.69) is 0 Å². The molecule has 5 N–H and O–H groups in total. The SMILES string of the molecule is CC(=N)N1CCC(CN(Cc2cc(C(=O)O)cc(-c3cccc(C(=N)N)c3)c2)C(C)=O)CC1. The molecule has 0 unspecified atom stereocenters. The summed E-state index contributed by atoms with van der Waals surface area (Å²) in [4.78, 5) is 28.0. The van der Waals surface area contributed by atoms with Crippen LogP contribution in [0.15, 0.2) is 42.5 Å². The maximum absolute atomic E-state index is 12.4. The number of hydrogen-bond donors (Lipinski definition) is 4. The normalized spacial score (nSPS) is 14.1. The number of piperidine rings is 1. The zero-order valence-electron chi connectivity index (χ0n) is 19.1. The molecular weight excluding hydrogens is 418 g/mol. The van der Waals surface area contributed by atoms with Crippen molar-refractivity contribution in [3.05, 3.63) is 59.2 Å². The lowest BCUT2D eigenvalue weighted by atomic mass is 9.95. The first-order valence-electron chi connectivity index (χ1n) is 11.0. The van der Waals surface area contributed by atoms with E-state index in [4.69, 9.17) is 16.6 Å². The van der Waals surface area contributed by atoms with Crippen molar-refractivity contribution in [1.29, 1.82) is 10.8 Å². The van der Waals surface area contributed by atoms with Gasteiger partial charge in [0.25, 0.3) is 0 Å². The van der Waals surface area contributed by atoms with Gasteiger partial charge in [-0.15, -0.1) is 0 Å². The number of amides is 1. The van der Waals surface area contributed by atoms with Crippen LogP contribution >= 0.6 is 0 Å². The minimum absolute atomic E-state index is 0.0541. The number of rotatable bonds is 7. The predicted molar refractivity (Wildman–Crippen MR) is 129 cm³/mol. The zero-order valence-corrected chi connectivity index (χ0v) is 19.1. The van der Waals surface area contributed by atoms with Crippen molar-refractivity contribution >= 4 is 23.5 Å². The Balaban J connectivity index is 1.84. The van der Waals surface area contributed by atoms with Crippen molar-refractivity contribution in [1.82, 2.24) is 9.80 Å². The Bertz CT molecular complexity index is 1070. The minimum atomic E-state index is -1.04.